The van der Waals surface area contributed by atoms with Crippen molar-refractivity contribution in [3.05, 3.63) is 0 Å². The summed E-state index contributed by atoms with van der Waals surface area (Å²) < 4.78 is 5.49. The number of nitrogens with zero attached hydrogens (tertiary/aromatic N) is 1. The molecule has 2 saturated heterocycles. The van der Waals surface area contributed by atoms with Crippen LogP contribution >= 0.6 is 11.6 Å². The van der Waals surface area contributed by atoms with Gasteiger partial charge < -0.3 is 14.7 Å². The van der Waals surface area contributed by atoms with E-state index in [1.54, 1.807) is 6.92 Å². The van der Waals surface area contributed by atoms with E-state index >= 15 is 0 Å². The third kappa shape index (κ3) is 2.65. The fraction of sp³-hybridized carbons (Fsp3) is 0.923. The Morgan fingerprint density at radius 2 is 2.33 bits per heavy atom. The van der Waals surface area contributed by atoms with Gasteiger partial charge in [0.2, 0.25) is 5.91 Å². The van der Waals surface area contributed by atoms with Crippen LogP contribution in [-0.4, -0.2) is 52.7 Å². The van der Waals surface area contributed by atoms with E-state index < -0.39 is 11.0 Å². The Kier molecular flexibility index (Phi) is 4.19. The second kappa shape index (κ2) is 5.35. The van der Waals surface area contributed by atoms with Crippen molar-refractivity contribution in [3.63, 3.8) is 0 Å². The summed E-state index contributed by atoms with van der Waals surface area (Å²) in [5.41, 5.74) is -0.749. The van der Waals surface area contributed by atoms with Gasteiger partial charge in [-0.3, -0.25) is 4.79 Å². The lowest BCUT2D eigenvalue weighted by molar-refractivity contribution is -0.144. The van der Waals surface area contributed by atoms with E-state index in [2.05, 4.69) is 0 Å². The topological polar surface area (TPSA) is 49.8 Å². The number of rotatable bonds is 2. The average molecular weight is 276 g/mol. The van der Waals surface area contributed by atoms with Crippen LogP contribution in [0.15, 0.2) is 0 Å². The quantitative estimate of drug-likeness (QED) is 0.775. The highest BCUT2D eigenvalue weighted by Gasteiger charge is 2.45. The van der Waals surface area contributed by atoms with Crippen molar-refractivity contribution in [3.8, 4) is 0 Å². The van der Waals surface area contributed by atoms with Gasteiger partial charge >= 0.3 is 0 Å². The Balaban J connectivity index is 2.13. The number of halogens is 1. The van der Waals surface area contributed by atoms with Crippen LogP contribution in [0.2, 0.25) is 0 Å². The van der Waals surface area contributed by atoms with Crippen LogP contribution in [0.5, 0.6) is 0 Å². The van der Waals surface area contributed by atoms with Gasteiger partial charge in [-0.2, -0.15) is 0 Å². The lowest BCUT2D eigenvalue weighted by atomic mass is 9.79. The van der Waals surface area contributed by atoms with Gasteiger partial charge in [-0.25, -0.2) is 0 Å². The monoisotopic (exact) mass is 275 g/mol. The summed E-state index contributed by atoms with van der Waals surface area (Å²) in [5, 5.41) is 9.98. The zero-order valence-electron chi connectivity index (χ0n) is 11.1. The second-order valence-electron chi connectivity index (χ2n) is 5.65. The molecule has 0 saturated carbocycles. The maximum absolute atomic E-state index is 12.1. The minimum Gasteiger partial charge on any atom is -0.390 e. The molecule has 0 aromatic heterocycles. The first-order valence-corrected chi connectivity index (χ1v) is 7.12. The van der Waals surface area contributed by atoms with Crippen molar-refractivity contribution in [1.29, 1.82) is 0 Å². The summed E-state index contributed by atoms with van der Waals surface area (Å²) in [4.78, 5) is 13.9. The van der Waals surface area contributed by atoms with Crippen molar-refractivity contribution in [1.82, 2.24) is 4.90 Å². The van der Waals surface area contributed by atoms with Crippen LogP contribution in [0.3, 0.4) is 0 Å². The first-order valence-electron chi connectivity index (χ1n) is 6.68. The number of ether oxygens (including phenoxy) is 1. The fourth-order valence-electron chi connectivity index (χ4n) is 3.09. The van der Waals surface area contributed by atoms with Gasteiger partial charge in [-0.1, -0.05) is 0 Å². The minimum atomic E-state index is -0.749. The molecule has 0 bridgehead atoms. The van der Waals surface area contributed by atoms with Gasteiger partial charge in [-0.15, -0.1) is 11.6 Å². The number of carbonyl (C=O) groups excluding carboxylic acids is 1. The van der Waals surface area contributed by atoms with Crippen LogP contribution < -0.4 is 0 Å². The standard InChI is InChI=1S/C13H22ClNO3/c1-9(14)12(16)15-6-3-4-11(15)10-8-18-7-5-13(10,2)17/h9-11,17H,3-8H2,1-2H3. The lowest BCUT2D eigenvalue weighted by Gasteiger charge is -2.43. The van der Waals surface area contributed by atoms with Crippen molar-refractivity contribution < 1.29 is 14.6 Å². The molecule has 0 aliphatic carbocycles. The summed E-state index contributed by atoms with van der Waals surface area (Å²) in [6.45, 7) is 5.42. The van der Waals surface area contributed by atoms with Crippen LogP contribution in [0, 0.1) is 5.92 Å². The average Bonchev–Trinajstić information content (AvgIpc) is 2.75. The molecule has 0 aromatic carbocycles. The Bertz CT molecular complexity index is 319. The molecule has 104 valence electrons. The van der Waals surface area contributed by atoms with Gasteiger partial charge in [-0.05, 0) is 33.1 Å². The predicted octanol–water partition coefficient (Wildman–Crippen LogP) is 1.39. The smallest absolute Gasteiger partial charge is 0.240 e. The molecule has 2 aliphatic rings. The van der Waals surface area contributed by atoms with E-state index in [1.807, 2.05) is 11.8 Å². The number of alkyl halides is 1. The zero-order chi connectivity index (χ0) is 13.3. The zero-order valence-corrected chi connectivity index (χ0v) is 11.8. The highest BCUT2D eigenvalue weighted by atomic mass is 35.5. The third-order valence-corrected chi connectivity index (χ3v) is 4.42. The summed E-state index contributed by atoms with van der Waals surface area (Å²) in [6.07, 6.45) is 2.54. The molecule has 1 N–H and O–H groups in total. The Labute approximate surface area is 113 Å². The van der Waals surface area contributed by atoms with Gasteiger partial charge in [0.25, 0.3) is 0 Å². The van der Waals surface area contributed by atoms with E-state index in [1.165, 1.54) is 0 Å². The SMILES string of the molecule is CC(Cl)C(=O)N1CCCC1C1COCCC1(C)O. The number of aliphatic hydroxyl groups is 1. The summed E-state index contributed by atoms with van der Waals surface area (Å²) in [7, 11) is 0. The molecule has 0 spiro atoms. The molecule has 4 unspecified atom stereocenters. The van der Waals surface area contributed by atoms with Crippen molar-refractivity contribution in [2.45, 2.75) is 50.1 Å². The molecule has 5 heteroatoms. The Hall–Kier alpha value is -0.320. The second-order valence-corrected chi connectivity index (χ2v) is 6.30. The molecule has 2 fully saturated rings. The van der Waals surface area contributed by atoms with E-state index in [4.69, 9.17) is 16.3 Å². The van der Waals surface area contributed by atoms with E-state index in [-0.39, 0.29) is 17.9 Å². The fourth-order valence-corrected chi connectivity index (χ4v) is 3.22. The van der Waals surface area contributed by atoms with Crippen molar-refractivity contribution in [2.24, 2.45) is 5.92 Å². The Morgan fingerprint density at radius 1 is 1.61 bits per heavy atom. The molecule has 4 atom stereocenters. The summed E-state index contributed by atoms with van der Waals surface area (Å²) in [6, 6.07) is 0.0639. The van der Waals surface area contributed by atoms with Crippen LogP contribution in [0.4, 0.5) is 0 Å². The Morgan fingerprint density at radius 3 is 2.94 bits per heavy atom. The largest absolute Gasteiger partial charge is 0.390 e. The van der Waals surface area contributed by atoms with Crippen LogP contribution in [-0.2, 0) is 9.53 Å². The predicted molar refractivity (Wildman–Crippen MR) is 69.6 cm³/mol. The number of hydrogen-bond donors (Lipinski definition) is 1. The van der Waals surface area contributed by atoms with Crippen LogP contribution in [0.1, 0.15) is 33.1 Å². The lowest BCUT2D eigenvalue weighted by Crippen LogP contribution is -2.54. The first-order chi connectivity index (χ1) is 8.43. The number of likely N-dealkylation sites (tertiary alicyclic amines) is 1. The van der Waals surface area contributed by atoms with Crippen molar-refractivity contribution >= 4 is 17.5 Å². The summed E-state index contributed by atoms with van der Waals surface area (Å²) >= 11 is 5.90. The molecular weight excluding hydrogens is 254 g/mol. The molecule has 18 heavy (non-hydrogen) atoms. The molecule has 0 aromatic rings. The molecule has 0 radical (unpaired) electrons. The van der Waals surface area contributed by atoms with E-state index in [0.717, 1.165) is 19.4 Å². The van der Waals surface area contributed by atoms with Crippen molar-refractivity contribution in [2.75, 3.05) is 19.8 Å². The highest BCUT2D eigenvalue weighted by Crippen LogP contribution is 2.36. The minimum absolute atomic E-state index is 0.00637. The molecular formula is C13H22ClNO3. The van der Waals surface area contributed by atoms with Gasteiger partial charge in [0.1, 0.15) is 5.38 Å². The van der Waals surface area contributed by atoms with Crippen LogP contribution in [0.25, 0.3) is 0 Å². The first kappa shape index (κ1) is 14.1. The highest BCUT2D eigenvalue weighted by molar-refractivity contribution is 6.30. The van der Waals surface area contributed by atoms with Gasteiger partial charge in [0, 0.05) is 25.1 Å². The van der Waals surface area contributed by atoms with E-state index in [0.29, 0.717) is 19.6 Å². The molecule has 1 amide bonds. The molecule has 2 aliphatic heterocycles. The van der Waals surface area contributed by atoms with E-state index in [9.17, 15) is 9.90 Å². The maximum atomic E-state index is 12.1. The van der Waals surface area contributed by atoms with Gasteiger partial charge in [0.05, 0.1) is 12.2 Å². The van der Waals surface area contributed by atoms with Gasteiger partial charge in [0.15, 0.2) is 0 Å². The summed E-state index contributed by atoms with van der Waals surface area (Å²) in [5.74, 6) is -0.0337. The number of amides is 1. The molecule has 4 nitrogen and oxygen atoms in total. The number of hydrogen-bond acceptors (Lipinski definition) is 3. The maximum Gasteiger partial charge on any atom is 0.240 e. The normalized spacial score (nSPS) is 38.8. The molecule has 2 rings (SSSR count). The molecule has 2 heterocycles. The number of carbonyl (C=O) groups is 1. The third-order valence-electron chi connectivity index (χ3n) is 4.24.